The van der Waals surface area contributed by atoms with Crippen molar-refractivity contribution in [2.75, 3.05) is 24.5 Å². The first-order valence-electron chi connectivity index (χ1n) is 5.50. The zero-order valence-corrected chi connectivity index (χ0v) is 9.80. The molecule has 3 heteroatoms. The van der Waals surface area contributed by atoms with Crippen molar-refractivity contribution in [2.45, 2.75) is 19.4 Å². The summed E-state index contributed by atoms with van der Waals surface area (Å²) in [6, 6.07) is 8.65. The molecular weight excluding hydrogens is 208 g/mol. The van der Waals surface area contributed by atoms with Gasteiger partial charge in [0.25, 0.3) is 0 Å². The summed E-state index contributed by atoms with van der Waals surface area (Å²) < 4.78 is 0. The minimum absolute atomic E-state index is 0.533. The molecule has 0 amide bonds. The molecule has 2 nitrogen and oxygen atoms in total. The van der Waals surface area contributed by atoms with Crippen LogP contribution in [-0.4, -0.2) is 25.7 Å². The first kappa shape index (κ1) is 10.8. The second-order valence-electron chi connectivity index (χ2n) is 4.08. The molecule has 0 bridgehead atoms. The summed E-state index contributed by atoms with van der Waals surface area (Å²) in [5, 5.41) is 4.25. The van der Waals surface area contributed by atoms with Crippen LogP contribution in [0.2, 0.25) is 5.02 Å². The number of anilines is 1. The Hall–Kier alpha value is -0.730. The van der Waals surface area contributed by atoms with Crippen molar-refractivity contribution in [3.63, 3.8) is 0 Å². The van der Waals surface area contributed by atoms with Gasteiger partial charge in [-0.15, -0.1) is 0 Å². The Labute approximate surface area is 96.2 Å². The van der Waals surface area contributed by atoms with E-state index in [2.05, 4.69) is 23.2 Å². The Morgan fingerprint density at radius 2 is 2.33 bits per heavy atom. The highest BCUT2D eigenvalue weighted by Gasteiger charge is 2.16. The standard InChI is InChI=1S/C12H17ClN2/c1-10-9-14-6-3-7-15(10)12-5-2-4-11(13)8-12/h2,4-5,8,10,14H,3,6-7,9H2,1H3. The lowest BCUT2D eigenvalue weighted by molar-refractivity contribution is 0.630. The van der Waals surface area contributed by atoms with Gasteiger partial charge in [0.15, 0.2) is 0 Å². The van der Waals surface area contributed by atoms with Gasteiger partial charge in [-0.2, -0.15) is 0 Å². The maximum atomic E-state index is 6.01. The summed E-state index contributed by atoms with van der Waals surface area (Å²) >= 11 is 6.01. The molecule has 0 aliphatic carbocycles. The number of nitrogens with one attached hydrogen (secondary N) is 1. The van der Waals surface area contributed by atoms with Crippen molar-refractivity contribution >= 4 is 17.3 Å². The van der Waals surface area contributed by atoms with Gasteiger partial charge >= 0.3 is 0 Å². The average Bonchev–Trinajstić information content (AvgIpc) is 2.43. The van der Waals surface area contributed by atoms with Crippen molar-refractivity contribution in [1.82, 2.24) is 5.32 Å². The first-order chi connectivity index (χ1) is 7.27. The predicted octanol–water partition coefficient (Wildman–Crippen LogP) is 2.53. The zero-order valence-electron chi connectivity index (χ0n) is 9.04. The summed E-state index contributed by atoms with van der Waals surface area (Å²) in [6.45, 7) is 5.52. The summed E-state index contributed by atoms with van der Waals surface area (Å²) in [6.07, 6.45) is 1.19. The van der Waals surface area contributed by atoms with Crippen LogP contribution in [0.5, 0.6) is 0 Å². The van der Waals surface area contributed by atoms with Crippen LogP contribution in [0, 0.1) is 0 Å². The van der Waals surface area contributed by atoms with Gasteiger partial charge in [-0.1, -0.05) is 17.7 Å². The van der Waals surface area contributed by atoms with Gasteiger partial charge in [-0.25, -0.2) is 0 Å². The van der Waals surface area contributed by atoms with Gasteiger partial charge < -0.3 is 10.2 Å². The van der Waals surface area contributed by atoms with Crippen LogP contribution >= 0.6 is 11.6 Å². The fourth-order valence-corrected chi connectivity index (χ4v) is 2.24. The number of hydrogen-bond acceptors (Lipinski definition) is 2. The Morgan fingerprint density at radius 3 is 3.13 bits per heavy atom. The van der Waals surface area contributed by atoms with Gasteiger partial charge in [-0.3, -0.25) is 0 Å². The molecule has 1 saturated heterocycles. The Balaban J connectivity index is 2.20. The summed E-state index contributed by atoms with van der Waals surface area (Å²) in [5.74, 6) is 0. The molecule has 1 aromatic rings. The highest BCUT2D eigenvalue weighted by Crippen LogP contribution is 2.22. The van der Waals surface area contributed by atoms with Crippen LogP contribution in [0.25, 0.3) is 0 Å². The van der Waals surface area contributed by atoms with Crippen LogP contribution in [0.4, 0.5) is 5.69 Å². The molecule has 1 heterocycles. The molecule has 1 aliphatic rings. The molecule has 0 saturated carbocycles. The van der Waals surface area contributed by atoms with E-state index in [-0.39, 0.29) is 0 Å². The third-order valence-electron chi connectivity index (χ3n) is 2.86. The lowest BCUT2D eigenvalue weighted by Crippen LogP contribution is -2.37. The van der Waals surface area contributed by atoms with E-state index in [4.69, 9.17) is 11.6 Å². The average molecular weight is 225 g/mol. The largest absolute Gasteiger partial charge is 0.367 e. The van der Waals surface area contributed by atoms with Crippen LogP contribution in [0.1, 0.15) is 13.3 Å². The van der Waals surface area contributed by atoms with E-state index in [1.54, 1.807) is 0 Å². The first-order valence-corrected chi connectivity index (χ1v) is 5.88. The zero-order chi connectivity index (χ0) is 10.7. The lowest BCUT2D eigenvalue weighted by atomic mass is 10.2. The van der Waals surface area contributed by atoms with Crippen LogP contribution in [0.3, 0.4) is 0 Å². The van der Waals surface area contributed by atoms with Gasteiger partial charge in [-0.05, 0) is 38.1 Å². The SMILES string of the molecule is CC1CNCCCN1c1cccc(Cl)c1. The van der Waals surface area contributed by atoms with E-state index < -0.39 is 0 Å². The second kappa shape index (κ2) is 4.86. The quantitative estimate of drug-likeness (QED) is 0.789. The normalized spacial score (nSPS) is 22.5. The number of benzene rings is 1. The molecule has 82 valence electrons. The van der Waals surface area contributed by atoms with Crippen molar-refractivity contribution in [3.8, 4) is 0 Å². The molecule has 2 rings (SSSR count). The molecule has 15 heavy (non-hydrogen) atoms. The van der Waals surface area contributed by atoms with Crippen molar-refractivity contribution in [3.05, 3.63) is 29.3 Å². The van der Waals surface area contributed by atoms with Crippen molar-refractivity contribution in [1.29, 1.82) is 0 Å². The Kier molecular flexibility index (Phi) is 3.49. The lowest BCUT2D eigenvalue weighted by Gasteiger charge is -2.29. The number of hydrogen-bond donors (Lipinski definition) is 1. The molecule has 1 unspecified atom stereocenters. The predicted molar refractivity (Wildman–Crippen MR) is 65.7 cm³/mol. The van der Waals surface area contributed by atoms with E-state index in [9.17, 15) is 0 Å². The van der Waals surface area contributed by atoms with E-state index in [0.717, 1.165) is 24.7 Å². The maximum Gasteiger partial charge on any atom is 0.0426 e. The Morgan fingerprint density at radius 1 is 1.47 bits per heavy atom. The molecular formula is C12H17ClN2. The minimum Gasteiger partial charge on any atom is -0.367 e. The molecule has 1 atom stereocenters. The summed E-state index contributed by atoms with van der Waals surface area (Å²) in [7, 11) is 0. The number of halogens is 1. The highest BCUT2D eigenvalue weighted by atomic mass is 35.5. The monoisotopic (exact) mass is 224 g/mol. The van der Waals surface area contributed by atoms with Crippen molar-refractivity contribution < 1.29 is 0 Å². The molecule has 0 spiro atoms. The molecule has 1 fully saturated rings. The topological polar surface area (TPSA) is 15.3 Å². The third-order valence-corrected chi connectivity index (χ3v) is 3.10. The van der Waals surface area contributed by atoms with Gasteiger partial charge in [0, 0.05) is 29.8 Å². The van der Waals surface area contributed by atoms with E-state index in [1.165, 1.54) is 12.1 Å². The second-order valence-corrected chi connectivity index (χ2v) is 4.52. The third kappa shape index (κ3) is 2.64. The van der Waals surface area contributed by atoms with E-state index >= 15 is 0 Å². The molecule has 0 radical (unpaired) electrons. The fourth-order valence-electron chi connectivity index (χ4n) is 2.05. The smallest absolute Gasteiger partial charge is 0.0426 e. The highest BCUT2D eigenvalue weighted by molar-refractivity contribution is 6.30. The summed E-state index contributed by atoms with van der Waals surface area (Å²) in [5.41, 5.74) is 1.23. The van der Waals surface area contributed by atoms with Gasteiger partial charge in [0.05, 0.1) is 0 Å². The molecule has 1 aliphatic heterocycles. The summed E-state index contributed by atoms with van der Waals surface area (Å²) in [4.78, 5) is 2.42. The van der Waals surface area contributed by atoms with E-state index in [1.807, 2.05) is 18.2 Å². The van der Waals surface area contributed by atoms with Crippen LogP contribution in [-0.2, 0) is 0 Å². The van der Waals surface area contributed by atoms with Crippen molar-refractivity contribution in [2.24, 2.45) is 0 Å². The molecule has 1 aromatic carbocycles. The van der Waals surface area contributed by atoms with E-state index in [0.29, 0.717) is 6.04 Å². The fraction of sp³-hybridized carbons (Fsp3) is 0.500. The number of rotatable bonds is 1. The van der Waals surface area contributed by atoms with Crippen LogP contribution in [0.15, 0.2) is 24.3 Å². The van der Waals surface area contributed by atoms with Crippen LogP contribution < -0.4 is 10.2 Å². The molecule has 0 aromatic heterocycles. The van der Waals surface area contributed by atoms with Gasteiger partial charge in [0.1, 0.15) is 0 Å². The van der Waals surface area contributed by atoms with Gasteiger partial charge in [0.2, 0.25) is 0 Å². The Bertz CT molecular complexity index is 327. The minimum atomic E-state index is 0.533. The number of nitrogens with zero attached hydrogens (tertiary/aromatic N) is 1. The maximum absolute atomic E-state index is 6.01. The molecule has 1 N–H and O–H groups in total.